The first-order chi connectivity index (χ1) is 13.8. The minimum atomic E-state index is -0.321. The normalized spacial score (nSPS) is 21.4. The van der Waals surface area contributed by atoms with Gasteiger partial charge in [-0.2, -0.15) is 0 Å². The number of rotatable bonds is 3. The Bertz CT molecular complexity index is 986. The lowest BCUT2D eigenvalue weighted by Crippen LogP contribution is -2.43. The molecular formula is C25H26FNO2. The number of carbonyl (C=O) groups is 2. The van der Waals surface area contributed by atoms with E-state index in [9.17, 15) is 14.0 Å². The summed E-state index contributed by atoms with van der Waals surface area (Å²) < 4.78 is 13.4. The zero-order valence-corrected chi connectivity index (χ0v) is 17.2. The summed E-state index contributed by atoms with van der Waals surface area (Å²) in [6.07, 6.45) is 2.26. The lowest BCUT2D eigenvalue weighted by Gasteiger charge is -2.43. The fraction of sp³-hybridized carbons (Fsp3) is 0.360. The highest BCUT2D eigenvalue weighted by Gasteiger charge is 2.44. The van der Waals surface area contributed by atoms with Crippen LogP contribution in [0.5, 0.6) is 0 Å². The van der Waals surface area contributed by atoms with Gasteiger partial charge in [-0.1, -0.05) is 45.0 Å². The van der Waals surface area contributed by atoms with Crippen LogP contribution in [-0.2, 0) is 16.0 Å². The van der Waals surface area contributed by atoms with E-state index < -0.39 is 0 Å². The lowest BCUT2D eigenvalue weighted by molar-refractivity contribution is -0.121. The van der Waals surface area contributed by atoms with Crippen LogP contribution >= 0.6 is 0 Å². The van der Waals surface area contributed by atoms with Crippen LogP contribution in [0.3, 0.4) is 0 Å². The van der Waals surface area contributed by atoms with Gasteiger partial charge in [0.15, 0.2) is 5.78 Å². The number of ketones is 1. The molecule has 2 aromatic rings. The van der Waals surface area contributed by atoms with Gasteiger partial charge < -0.3 is 0 Å². The van der Waals surface area contributed by atoms with Crippen molar-refractivity contribution in [2.75, 3.05) is 4.90 Å². The van der Waals surface area contributed by atoms with Crippen LogP contribution in [0, 0.1) is 11.2 Å². The molecule has 0 spiro atoms. The van der Waals surface area contributed by atoms with E-state index in [2.05, 4.69) is 20.8 Å². The van der Waals surface area contributed by atoms with Gasteiger partial charge in [-0.25, -0.2) is 4.39 Å². The van der Waals surface area contributed by atoms with E-state index in [4.69, 9.17) is 0 Å². The fourth-order valence-corrected chi connectivity index (χ4v) is 4.58. The van der Waals surface area contributed by atoms with Crippen molar-refractivity contribution in [3.05, 3.63) is 76.7 Å². The Hall–Kier alpha value is -2.75. The molecule has 29 heavy (non-hydrogen) atoms. The van der Waals surface area contributed by atoms with Gasteiger partial charge in [-0.3, -0.25) is 14.5 Å². The van der Waals surface area contributed by atoms with E-state index in [1.54, 1.807) is 17.0 Å². The minimum absolute atomic E-state index is 0.0205. The maximum Gasteiger partial charge on any atom is 0.232 e. The summed E-state index contributed by atoms with van der Waals surface area (Å²) >= 11 is 0. The summed E-state index contributed by atoms with van der Waals surface area (Å²) in [5.41, 5.74) is 4.15. The molecule has 150 valence electrons. The molecule has 1 atom stereocenters. The zero-order chi connectivity index (χ0) is 20.8. The predicted molar refractivity (Wildman–Crippen MR) is 112 cm³/mol. The van der Waals surface area contributed by atoms with E-state index >= 15 is 0 Å². The molecule has 1 amide bonds. The molecule has 0 aromatic heterocycles. The van der Waals surface area contributed by atoms with Crippen LogP contribution in [-0.4, -0.2) is 11.7 Å². The monoisotopic (exact) mass is 391 g/mol. The molecule has 4 rings (SSSR count). The summed E-state index contributed by atoms with van der Waals surface area (Å²) in [7, 11) is 0. The van der Waals surface area contributed by atoms with E-state index in [1.807, 2.05) is 24.3 Å². The highest BCUT2D eigenvalue weighted by Crippen LogP contribution is 2.48. The molecule has 1 heterocycles. The van der Waals surface area contributed by atoms with Gasteiger partial charge in [0.25, 0.3) is 0 Å². The third-order valence-electron chi connectivity index (χ3n) is 6.02. The molecule has 0 N–H and O–H groups in total. The van der Waals surface area contributed by atoms with Gasteiger partial charge in [0, 0.05) is 35.7 Å². The SMILES string of the molecule is CCc1ccc(N2C(=O)CC(c3ccc(F)cc3)C3=C2CC(C)(C)CC3=O)cc1. The highest BCUT2D eigenvalue weighted by molar-refractivity contribution is 6.07. The average Bonchev–Trinajstić information content (AvgIpc) is 2.67. The number of benzene rings is 2. The standard InChI is InChI=1S/C25H26FNO2/c1-4-16-5-11-19(12-6-16)27-21-14-25(2,3)15-22(28)24(21)20(13-23(27)29)17-7-9-18(26)10-8-17/h5-12,20H,4,13-15H2,1-3H3. The Morgan fingerprint density at radius 2 is 1.66 bits per heavy atom. The Morgan fingerprint density at radius 3 is 2.28 bits per heavy atom. The number of anilines is 1. The van der Waals surface area contributed by atoms with Gasteiger partial charge in [-0.15, -0.1) is 0 Å². The van der Waals surface area contributed by atoms with Gasteiger partial charge in [0.1, 0.15) is 5.82 Å². The molecule has 2 aromatic carbocycles. The minimum Gasteiger partial charge on any atom is -0.294 e. The number of nitrogens with zero attached hydrogens (tertiary/aromatic N) is 1. The van der Waals surface area contributed by atoms with E-state index in [0.29, 0.717) is 12.8 Å². The lowest BCUT2D eigenvalue weighted by atomic mass is 9.69. The van der Waals surface area contributed by atoms with Gasteiger partial charge >= 0.3 is 0 Å². The molecule has 0 fully saturated rings. The average molecular weight is 391 g/mol. The first kappa shape index (κ1) is 19.6. The van der Waals surface area contributed by atoms with Crippen molar-refractivity contribution in [1.82, 2.24) is 0 Å². The van der Waals surface area contributed by atoms with Crippen molar-refractivity contribution >= 4 is 17.4 Å². The Morgan fingerprint density at radius 1 is 1.00 bits per heavy atom. The second-order valence-electron chi connectivity index (χ2n) is 8.86. The molecule has 0 saturated heterocycles. The maximum absolute atomic E-state index is 13.4. The maximum atomic E-state index is 13.4. The zero-order valence-electron chi connectivity index (χ0n) is 17.2. The van der Waals surface area contributed by atoms with Crippen molar-refractivity contribution in [3.63, 3.8) is 0 Å². The van der Waals surface area contributed by atoms with E-state index in [0.717, 1.165) is 28.9 Å². The van der Waals surface area contributed by atoms with Crippen LogP contribution in [0.2, 0.25) is 0 Å². The smallest absolute Gasteiger partial charge is 0.232 e. The fourth-order valence-electron chi connectivity index (χ4n) is 4.58. The van der Waals surface area contributed by atoms with Crippen LogP contribution in [0.4, 0.5) is 10.1 Å². The largest absolute Gasteiger partial charge is 0.294 e. The van der Waals surface area contributed by atoms with Crippen LogP contribution in [0.1, 0.15) is 57.1 Å². The number of aryl methyl sites for hydroxylation is 1. The third kappa shape index (κ3) is 3.64. The Kier molecular flexibility index (Phi) is 4.89. The number of Topliss-reactive ketones (excluding diaryl/α,β-unsaturated/α-hetero) is 1. The molecule has 0 radical (unpaired) electrons. The first-order valence-corrected chi connectivity index (χ1v) is 10.2. The number of hydrogen-bond donors (Lipinski definition) is 0. The Balaban J connectivity index is 1.86. The third-order valence-corrected chi connectivity index (χ3v) is 6.02. The van der Waals surface area contributed by atoms with Gasteiger partial charge in [0.2, 0.25) is 5.91 Å². The summed E-state index contributed by atoms with van der Waals surface area (Å²) in [6.45, 7) is 6.23. The van der Waals surface area contributed by atoms with Crippen LogP contribution < -0.4 is 4.90 Å². The number of halogens is 1. The van der Waals surface area contributed by atoms with E-state index in [-0.39, 0.29) is 35.3 Å². The summed E-state index contributed by atoms with van der Waals surface area (Å²) in [5.74, 6) is -0.562. The van der Waals surface area contributed by atoms with Crippen molar-refractivity contribution in [3.8, 4) is 0 Å². The number of amides is 1. The molecule has 3 nitrogen and oxygen atoms in total. The molecule has 1 aliphatic carbocycles. The van der Waals surface area contributed by atoms with Crippen molar-refractivity contribution in [2.24, 2.45) is 5.41 Å². The van der Waals surface area contributed by atoms with Crippen molar-refractivity contribution < 1.29 is 14.0 Å². The second-order valence-corrected chi connectivity index (χ2v) is 8.86. The molecule has 1 aliphatic heterocycles. The molecular weight excluding hydrogens is 365 g/mol. The van der Waals surface area contributed by atoms with Crippen LogP contribution in [0.25, 0.3) is 0 Å². The van der Waals surface area contributed by atoms with Crippen molar-refractivity contribution in [2.45, 2.75) is 52.4 Å². The van der Waals surface area contributed by atoms with Crippen molar-refractivity contribution in [1.29, 1.82) is 0 Å². The van der Waals surface area contributed by atoms with Crippen LogP contribution in [0.15, 0.2) is 59.8 Å². The molecule has 2 aliphatic rings. The molecule has 4 heteroatoms. The predicted octanol–water partition coefficient (Wildman–Crippen LogP) is 5.55. The van der Waals surface area contributed by atoms with E-state index in [1.165, 1.54) is 17.7 Å². The quantitative estimate of drug-likeness (QED) is 0.688. The second kappa shape index (κ2) is 7.25. The highest BCUT2D eigenvalue weighted by atomic mass is 19.1. The summed E-state index contributed by atoms with van der Waals surface area (Å²) in [5, 5.41) is 0. The first-order valence-electron chi connectivity index (χ1n) is 10.2. The molecule has 0 saturated carbocycles. The van der Waals surface area contributed by atoms with Gasteiger partial charge in [-0.05, 0) is 53.6 Å². The van der Waals surface area contributed by atoms with Gasteiger partial charge in [0.05, 0.1) is 0 Å². The number of hydrogen-bond acceptors (Lipinski definition) is 2. The number of carbonyl (C=O) groups excluding carboxylic acids is 2. The summed E-state index contributed by atoms with van der Waals surface area (Å²) in [4.78, 5) is 28.2. The summed E-state index contributed by atoms with van der Waals surface area (Å²) in [6, 6.07) is 14.2. The molecule has 0 bridgehead atoms. The topological polar surface area (TPSA) is 37.4 Å². The Labute approximate surface area is 171 Å². The molecule has 1 unspecified atom stereocenters. The number of allylic oxidation sites excluding steroid dienone is 2.